The van der Waals surface area contributed by atoms with Crippen molar-refractivity contribution in [2.45, 2.75) is 5.32 Å². The molecule has 0 nitrogen and oxygen atoms in total. The van der Waals surface area contributed by atoms with Crippen LogP contribution in [0.5, 0.6) is 0 Å². The van der Waals surface area contributed by atoms with Crippen molar-refractivity contribution in [3.63, 3.8) is 0 Å². The van der Waals surface area contributed by atoms with Crippen LogP contribution in [0.4, 0.5) is 0 Å². The first kappa shape index (κ1) is 7.30. The second-order valence-electron chi connectivity index (χ2n) is 0.779. The molecule has 0 amide bonds. The summed E-state index contributed by atoms with van der Waals surface area (Å²) in [7, 11) is 0. The predicted octanol–water partition coefficient (Wildman–Crippen LogP) is -1.05. The van der Waals surface area contributed by atoms with Crippen LogP contribution < -0.4 is 0 Å². The molecule has 0 fully saturated rings. The quantitative estimate of drug-likeness (QED) is 0.537. The molecule has 0 saturated carbocycles. The van der Waals surface area contributed by atoms with Crippen molar-refractivity contribution in [1.82, 2.24) is 0 Å². The molecule has 0 aliphatic carbocycles. The van der Waals surface area contributed by atoms with Crippen LogP contribution in [0.3, 0.4) is 0 Å². The molecule has 6 heavy (non-hydrogen) atoms. The predicted molar refractivity (Wildman–Crippen MR) is 34.3 cm³/mol. The molecule has 0 N–H and O–H groups in total. The Morgan fingerprint density at radius 2 is 2.17 bits per heavy atom. The van der Waals surface area contributed by atoms with Crippen LogP contribution in [0.25, 0.3) is 0 Å². The number of hydrogen-bond donors (Lipinski definition) is 0. The maximum atomic E-state index is 2.52. The summed E-state index contributed by atoms with van der Waals surface area (Å²) in [5, 5.41) is 1.09. The third kappa shape index (κ3) is 3.49. The van der Waals surface area contributed by atoms with Gasteiger partial charge in [-0.15, -0.1) is 0 Å². The molecule has 0 aromatic rings. The minimum absolute atomic E-state index is 1.09. The maximum absolute atomic E-state index is 2.52. The third-order valence-corrected chi connectivity index (χ3v) is 4.42. The van der Waals surface area contributed by atoms with Crippen molar-refractivity contribution in [1.29, 1.82) is 0 Å². The molecule has 0 aliphatic rings. The Morgan fingerprint density at radius 1 is 1.67 bits per heavy atom. The molecule has 0 aliphatic heterocycles. The molecule has 36 valence electrons. The van der Waals surface area contributed by atoms with Gasteiger partial charge in [0.15, 0.2) is 0 Å². The normalized spacial score (nSPS) is 12.2. The van der Waals surface area contributed by atoms with Crippen molar-refractivity contribution in [2.24, 2.45) is 0 Å². The number of allylic oxidation sites excluding steroid dienone is 1. The first-order chi connectivity index (χ1) is 2.81. The summed E-state index contributed by atoms with van der Waals surface area (Å²) in [5.41, 5.74) is 0. The van der Waals surface area contributed by atoms with E-state index in [0.29, 0.717) is 0 Å². The van der Waals surface area contributed by atoms with Gasteiger partial charge in [-0.05, 0) is 0 Å². The first-order valence-electron chi connectivity index (χ1n) is 1.44. The van der Waals surface area contributed by atoms with E-state index in [1.54, 1.807) is 0 Å². The van der Waals surface area contributed by atoms with Crippen molar-refractivity contribution in [3.05, 3.63) is 9.45 Å². The first-order valence-corrected chi connectivity index (χ1v) is 4.79. The fraction of sp³-hybridized carbons (Fsp3) is 0.333. The Bertz CT molecular complexity index is 57.1. The minimum atomic E-state index is 1.09. The average Bonchev–Trinajstić information content (AvgIpc) is 1.65. The van der Waals surface area contributed by atoms with Crippen molar-refractivity contribution in [2.75, 3.05) is 0 Å². The third-order valence-electron chi connectivity index (χ3n) is 0.311. The Hall–Kier alpha value is 1.30. The molecule has 0 aromatic carbocycles. The summed E-state index contributed by atoms with van der Waals surface area (Å²) in [6.45, 7) is 0. The van der Waals surface area contributed by atoms with Crippen LogP contribution in [0.1, 0.15) is 0 Å². The molecule has 0 heterocycles. The summed E-state index contributed by atoms with van der Waals surface area (Å²) in [6.07, 6.45) is 0. The van der Waals surface area contributed by atoms with Crippen LogP contribution in [0, 0.1) is 0 Å². The van der Waals surface area contributed by atoms with Crippen LogP contribution in [0.15, 0.2) is 9.45 Å². The van der Waals surface area contributed by atoms with Gasteiger partial charge in [-0.3, -0.25) is 0 Å². The van der Waals surface area contributed by atoms with Gasteiger partial charge in [0.25, 0.3) is 0 Å². The van der Waals surface area contributed by atoms with Gasteiger partial charge >= 0.3 is 62.8 Å². The topological polar surface area (TPSA) is 0 Å². The second kappa shape index (κ2) is 4.46. The summed E-state index contributed by atoms with van der Waals surface area (Å²) in [5.74, 6) is 0. The Kier molecular flexibility index (Phi) is 5.42. The van der Waals surface area contributed by atoms with Crippen LogP contribution in [-0.4, -0.2) is 48.0 Å². The zero-order chi connectivity index (χ0) is 4.99. The van der Waals surface area contributed by atoms with Gasteiger partial charge in [0, 0.05) is 0 Å². The van der Waals surface area contributed by atoms with E-state index in [0.717, 1.165) is 5.32 Å². The summed E-state index contributed by atoms with van der Waals surface area (Å²) >= 11 is 7.45. The Labute approximate surface area is 62.6 Å². The van der Waals surface area contributed by atoms with E-state index in [1.165, 1.54) is 4.47 Å². The second-order valence-corrected chi connectivity index (χ2v) is 3.19. The van der Waals surface area contributed by atoms with E-state index in [2.05, 4.69) is 48.0 Å². The Balaban J connectivity index is 3.22. The molecule has 0 atom stereocenters. The fourth-order valence-electron chi connectivity index (χ4n) is 0.0408. The molecule has 0 bridgehead atoms. The molecule has 0 unspecified atom stereocenters. The van der Waals surface area contributed by atoms with Crippen molar-refractivity contribution in [3.8, 4) is 0 Å². The van der Waals surface area contributed by atoms with Gasteiger partial charge in [0.05, 0.1) is 0 Å². The summed E-state index contributed by atoms with van der Waals surface area (Å²) in [4.78, 5) is 2.03. The van der Waals surface area contributed by atoms with Crippen molar-refractivity contribution < 1.29 is 0 Å². The average molecular weight is 279 g/mol. The fourth-order valence-corrected chi connectivity index (χ4v) is 1.10. The van der Waals surface area contributed by atoms with Crippen LogP contribution in [0.2, 0.25) is 5.32 Å². The SMILES string of the molecule is [SeH]C=C([SeH])C[SeH]. The zero-order valence-corrected chi connectivity index (χ0v) is 8.76. The zero-order valence-electron chi connectivity index (χ0n) is 3.13. The van der Waals surface area contributed by atoms with E-state index < -0.39 is 0 Å². The standard InChI is InChI=1S/C3H6Se3/c4-1-3(6)2-5/h1,4-6H,2H2. The summed E-state index contributed by atoms with van der Waals surface area (Å²) in [6, 6.07) is 0. The molecule has 0 saturated heterocycles. The van der Waals surface area contributed by atoms with E-state index in [1.807, 2.05) is 4.97 Å². The summed E-state index contributed by atoms with van der Waals surface area (Å²) < 4.78 is 1.35. The van der Waals surface area contributed by atoms with E-state index in [4.69, 9.17) is 0 Å². The van der Waals surface area contributed by atoms with E-state index in [-0.39, 0.29) is 0 Å². The molecule has 0 radical (unpaired) electrons. The van der Waals surface area contributed by atoms with Gasteiger partial charge < -0.3 is 0 Å². The molecule has 3 heteroatoms. The van der Waals surface area contributed by atoms with Crippen molar-refractivity contribution >= 4 is 48.0 Å². The Morgan fingerprint density at radius 3 is 2.17 bits per heavy atom. The van der Waals surface area contributed by atoms with E-state index >= 15 is 0 Å². The van der Waals surface area contributed by atoms with Crippen LogP contribution >= 0.6 is 0 Å². The van der Waals surface area contributed by atoms with Gasteiger partial charge in [0.1, 0.15) is 0 Å². The van der Waals surface area contributed by atoms with Gasteiger partial charge in [-0.1, -0.05) is 0 Å². The molecular weight excluding hydrogens is 273 g/mol. The molecule has 0 rings (SSSR count). The number of hydrogen-bond acceptors (Lipinski definition) is 0. The van der Waals surface area contributed by atoms with Gasteiger partial charge in [0.2, 0.25) is 0 Å². The van der Waals surface area contributed by atoms with Crippen LogP contribution in [-0.2, 0) is 0 Å². The van der Waals surface area contributed by atoms with Gasteiger partial charge in [-0.2, -0.15) is 0 Å². The van der Waals surface area contributed by atoms with E-state index in [9.17, 15) is 0 Å². The number of rotatable bonds is 1. The van der Waals surface area contributed by atoms with Gasteiger partial charge in [-0.25, -0.2) is 0 Å². The molecule has 0 spiro atoms. The monoisotopic (exact) mass is 282 g/mol. The molecular formula is C3H6Se3. The molecule has 0 aromatic heterocycles.